The van der Waals surface area contributed by atoms with E-state index in [0.717, 1.165) is 40.1 Å². The summed E-state index contributed by atoms with van der Waals surface area (Å²) in [5, 5.41) is 3.51. The second-order valence-electron chi connectivity index (χ2n) is 9.90. The fourth-order valence-corrected chi connectivity index (χ4v) is 5.60. The minimum absolute atomic E-state index is 0.0706. The van der Waals surface area contributed by atoms with Crippen LogP contribution in [-0.2, 0) is 6.54 Å². The average molecular weight is 450 g/mol. The zero-order valence-electron chi connectivity index (χ0n) is 20.8. The van der Waals surface area contributed by atoms with Gasteiger partial charge in [-0.1, -0.05) is 44.6 Å². The number of hydrogen-bond acceptors (Lipinski definition) is 3. The topological polar surface area (TPSA) is 50.9 Å². The number of nitrogens with one attached hydrogen (secondary N) is 1. The van der Waals surface area contributed by atoms with Gasteiger partial charge in [0.1, 0.15) is 5.82 Å². The van der Waals surface area contributed by atoms with Gasteiger partial charge in [-0.2, -0.15) is 0 Å². The minimum Gasteiger partial charge on any atom is -0.378 e. The summed E-state index contributed by atoms with van der Waals surface area (Å²) in [5.74, 6) is 1.34. The Hall–Kier alpha value is -2.46. The van der Waals surface area contributed by atoms with Gasteiger partial charge in [-0.25, -0.2) is 4.39 Å². The minimum atomic E-state index is -0.155. The highest BCUT2D eigenvalue weighted by Crippen LogP contribution is 2.44. The van der Waals surface area contributed by atoms with E-state index < -0.39 is 0 Å². The SMILES string of the molecule is C=C(NC(C)C(=C)CC(C)C(c1ccc(F)cc1C)C1CCCC1)c1nccc(CN)c1C. The Morgan fingerprint density at radius 3 is 2.52 bits per heavy atom. The molecule has 1 fully saturated rings. The average Bonchev–Trinajstić information content (AvgIpc) is 3.29. The molecule has 0 saturated heterocycles. The van der Waals surface area contributed by atoms with E-state index in [2.05, 4.69) is 37.3 Å². The largest absolute Gasteiger partial charge is 0.378 e. The van der Waals surface area contributed by atoms with Gasteiger partial charge in [-0.05, 0) is 98.2 Å². The molecule has 0 bridgehead atoms. The van der Waals surface area contributed by atoms with Gasteiger partial charge < -0.3 is 11.1 Å². The molecule has 3 nitrogen and oxygen atoms in total. The molecule has 1 aliphatic carbocycles. The highest BCUT2D eigenvalue weighted by molar-refractivity contribution is 5.62. The van der Waals surface area contributed by atoms with Gasteiger partial charge in [-0.15, -0.1) is 0 Å². The van der Waals surface area contributed by atoms with Crippen molar-refractivity contribution in [2.45, 2.75) is 78.3 Å². The maximum absolute atomic E-state index is 13.8. The van der Waals surface area contributed by atoms with Crippen molar-refractivity contribution in [3.8, 4) is 0 Å². The standard InChI is InChI=1S/C29H40FN3/c1-18(22(5)33-23(6)29-21(4)25(17-31)13-14-32-29)15-20(3)28(24-9-7-8-10-24)27-12-11-26(30)16-19(27)2/h11-14,16,20,22,24,28,33H,1,6-10,15,17,31H2,2-5H3. The first kappa shape index (κ1) is 25.2. The molecule has 3 N–H and O–H groups in total. The third kappa shape index (κ3) is 5.92. The summed E-state index contributed by atoms with van der Waals surface area (Å²) in [7, 11) is 0. The van der Waals surface area contributed by atoms with Gasteiger partial charge in [-0.3, -0.25) is 4.98 Å². The van der Waals surface area contributed by atoms with Crippen LogP contribution in [-0.4, -0.2) is 11.0 Å². The second kappa shape index (κ2) is 11.1. The van der Waals surface area contributed by atoms with E-state index in [1.54, 1.807) is 18.3 Å². The van der Waals surface area contributed by atoms with Crippen molar-refractivity contribution in [3.63, 3.8) is 0 Å². The van der Waals surface area contributed by atoms with E-state index >= 15 is 0 Å². The van der Waals surface area contributed by atoms with Crippen LogP contribution in [0.3, 0.4) is 0 Å². The number of nitrogens with zero attached hydrogens (tertiary/aromatic N) is 1. The summed E-state index contributed by atoms with van der Waals surface area (Å²) in [6.45, 7) is 17.7. The van der Waals surface area contributed by atoms with Crippen molar-refractivity contribution in [2.24, 2.45) is 17.6 Å². The summed E-state index contributed by atoms with van der Waals surface area (Å²) < 4.78 is 13.8. The first-order valence-electron chi connectivity index (χ1n) is 12.3. The summed E-state index contributed by atoms with van der Waals surface area (Å²) in [5.41, 5.74) is 13.2. The Bertz CT molecular complexity index is 990. The molecule has 0 spiro atoms. The lowest BCUT2D eigenvalue weighted by atomic mass is 9.73. The lowest BCUT2D eigenvalue weighted by molar-refractivity contribution is 0.322. The molecule has 3 rings (SSSR count). The van der Waals surface area contributed by atoms with Gasteiger partial charge in [0.15, 0.2) is 0 Å². The van der Waals surface area contributed by atoms with Gasteiger partial charge in [0.05, 0.1) is 11.4 Å². The second-order valence-corrected chi connectivity index (χ2v) is 9.90. The van der Waals surface area contributed by atoms with Crippen molar-refractivity contribution in [2.75, 3.05) is 0 Å². The molecule has 33 heavy (non-hydrogen) atoms. The van der Waals surface area contributed by atoms with Crippen LogP contribution in [0.15, 0.2) is 49.2 Å². The number of rotatable bonds is 10. The van der Waals surface area contributed by atoms with E-state index in [0.29, 0.717) is 24.3 Å². The predicted octanol–water partition coefficient (Wildman–Crippen LogP) is 6.80. The van der Waals surface area contributed by atoms with Crippen molar-refractivity contribution in [1.82, 2.24) is 10.3 Å². The van der Waals surface area contributed by atoms with Crippen molar-refractivity contribution < 1.29 is 4.39 Å². The van der Waals surface area contributed by atoms with Crippen LogP contribution in [0.2, 0.25) is 0 Å². The highest BCUT2D eigenvalue weighted by atomic mass is 19.1. The molecule has 178 valence electrons. The first-order chi connectivity index (χ1) is 15.7. The van der Waals surface area contributed by atoms with Crippen LogP contribution in [0.25, 0.3) is 5.70 Å². The Kier molecular flexibility index (Phi) is 8.47. The first-order valence-corrected chi connectivity index (χ1v) is 12.3. The molecule has 1 heterocycles. The van der Waals surface area contributed by atoms with E-state index in [1.165, 1.54) is 31.2 Å². The number of aromatic nitrogens is 1. The summed E-state index contributed by atoms with van der Waals surface area (Å²) in [6, 6.07) is 7.33. The number of nitrogens with two attached hydrogens (primary N) is 1. The van der Waals surface area contributed by atoms with Gasteiger partial charge in [0.2, 0.25) is 0 Å². The zero-order valence-corrected chi connectivity index (χ0v) is 20.8. The van der Waals surface area contributed by atoms with E-state index in [1.807, 2.05) is 26.0 Å². The van der Waals surface area contributed by atoms with Crippen LogP contribution < -0.4 is 11.1 Å². The molecule has 3 atom stereocenters. The Morgan fingerprint density at radius 1 is 1.18 bits per heavy atom. The van der Waals surface area contributed by atoms with Crippen LogP contribution in [0.4, 0.5) is 4.39 Å². The molecule has 1 aromatic heterocycles. The van der Waals surface area contributed by atoms with Crippen LogP contribution in [0, 0.1) is 31.5 Å². The molecule has 3 unspecified atom stereocenters. The van der Waals surface area contributed by atoms with Gasteiger partial charge in [0, 0.05) is 18.8 Å². The normalized spacial score (nSPS) is 16.9. The van der Waals surface area contributed by atoms with Crippen LogP contribution in [0.5, 0.6) is 0 Å². The monoisotopic (exact) mass is 449 g/mol. The zero-order chi connectivity index (χ0) is 24.1. The third-order valence-corrected chi connectivity index (χ3v) is 7.52. The molecule has 1 saturated carbocycles. The molecule has 1 aromatic carbocycles. The van der Waals surface area contributed by atoms with E-state index in [-0.39, 0.29) is 11.9 Å². The van der Waals surface area contributed by atoms with E-state index in [9.17, 15) is 4.39 Å². The van der Waals surface area contributed by atoms with Gasteiger partial charge in [0.25, 0.3) is 0 Å². The Morgan fingerprint density at radius 2 is 1.88 bits per heavy atom. The molecule has 0 aliphatic heterocycles. The lowest BCUT2D eigenvalue weighted by Crippen LogP contribution is -2.29. The molecular weight excluding hydrogens is 409 g/mol. The quantitative estimate of drug-likeness (QED) is 0.392. The molecule has 4 heteroatoms. The summed E-state index contributed by atoms with van der Waals surface area (Å²) in [4.78, 5) is 4.52. The number of pyridine rings is 1. The molecule has 0 amide bonds. The molecular formula is C29H40FN3. The number of aryl methyl sites for hydroxylation is 1. The van der Waals surface area contributed by atoms with Gasteiger partial charge >= 0.3 is 0 Å². The molecule has 2 aromatic rings. The predicted molar refractivity (Wildman–Crippen MR) is 137 cm³/mol. The third-order valence-electron chi connectivity index (χ3n) is 7.52. The Balaban J connectivity index is 1.72. The maximum Gasteiger partial charge on any atom is 0.123 e. The lowest BCUT2D eigenvalue weighted by Gasteiger charge is -2.33. The summed E-state index contributed by atoms with van der Waals surface area (Å²) >= 11 is 0. The molecule has 1 aliphatic rings. The number of halogens is 1. The number of hydrogen-bond donors (Lipinski definition) is 2. The van der Waals surface area contributed by atoms with Crippen molar-refractivity contribution in [3.05, 3.63) is 83.0 Å². The summed E-state index contributed by atoms with van der Waals surface area (Å²) in [6.07, 6.45) is 7.80. The fourth-order valence-electron chi connectivity index (χ4n) is 5.60. The maximum atomic E-state index is 13.8. The highest BCUT2D eigenvalue weighted by Gasteiger charge is 2.32. The smallest absolute Gasteiger partial charge is 0.123 e. The molecule has 0 radical (unpaired) electrons. The Labute approximate surface area is 199 Å². The van der Waals surface area contributed by atoms with Crippen molar-refractivity contribution >= 4 is 5.70 Å². The fraction of sp³-hybridized carbons (Fsp3) is 0.483. The van der Waals surface area contributed by atoms with E-state index in [4.69, 9.17) is 5.73 Å². The van der Waals surface area contributed by atoms with Crippen molar-refractivity contribution in [1.29, 1.82) is 0 Å². The van der Waals surface area contributed by atoms with Crippen LogP contribution >= 0.6 is 0 Å². The van der Waals surface area contributed by atoms with Crippen LogP contribution in [0.1, 0.15) is 79.8 Å². The number of benzene rings is 1.